The van der Waals surface area contributed by atoms with Gasteiger partial charge in [-0.15, -0.1) is 0 Å². The fourth-order valence-electron chi connectivity index (χ4n) is 2.11. The van der Waals surface area contributed by atoms with Crippen LogP contribution in [0.5, 0.6) is 0 Å². The van der Waals surface area contributed by atoms with Crippen molar-refractivity contribution in [2.75, 3.05) is 13.2 Å². The predicted molar refractivity (Wildman–Crippen MR) is 91.2 cm³/mol. The largest absolute Gasteiger partial charge is 0.464 e. The summed E-state index contributed by atoms with van der Waals surface area (Å²) in [5.74, 6) is -2.73. The first-order valence-electron chi connectivity index (χ1n) is 8.14. The van der Waals surface area contributed by atoms with E-state index in [1.807, 2.05) is 31.2 Å². The van der Waals surface area contributed by atoms with Gasteiger partial charge in [0.2, 0.25) is 11.8 Å². The van der Waals surface area contributed by atoms with Crippen molar-refractivity contribution in [1.29, 1.82) is 0 Å². The normalized spacial score (nSPS) is 10.5. The van der Waals surface area contributed by atoms with Crippen LogP contribution in [0.1, 0.15) is 30.0 Å². The summed E-state index contributed by atoms with van der Waals surface area (Å²) < 4.78 is 14.6. The van der Waals surface area contributed by atoms with Crippen LogP contribution in [0.25, 0.3) is 11.3 Å². The number of amides is 1. The van der Waals surface area contributed by atoms with Crippen LogP contribution in [0.3, 0.4) is 0 Å². The second-order valence-corrected chi connectivity index (χ2v) is 5.35. The van der Waals surface area contributed by atoms with Gasteiger partial charge in [-0.25, -0.2) is 9.59 Å². The van der Waals surface area contributed by atoms with Crippen molar-refractivity contribution in [3.63, 3.8) is 0 Å². The molecule has 2 rings (SSSR count). The first-order valence-corrected chi connectivity index (χ1v) is 8.14. The zero-order valence-electron chi connectivity index (χ0n) is 14.8. The number of carbonyl (C=O) groups is 3. The standard InChI is InChI=1S/C18H20N2O6/c1-4-24-17(22)15(18(23)25-5-2)19-16(21)14-10-13(20-26-14)12-8-6-11(3)7-9-12/h6-10,15H,4-5H2,1-3H3,(H,19,21). The van der Waals surface area contributed by atoms with Crippen LogP contribution < -0.4 is 5.32 Å². The number of carbonyl (C=O) groups excluding carboxylic acids is 3. The van der Waals surface area contributed by atoms with Crippen LogP contribution >= 0.6 is 0 Å². The van der Waals surface area contributed by atoms with Crippen LogP contribution in [0.2, 0.25) is 0 Å². The number of benzene rings is 1. The third kappa shape index (κ3) is 4.69. The highest BCUT2D eigenvalue weighted by Gasteiger charge is 2.32. The van der Waals surface area contributed by atoms with E-state index in [1.54, 1.807) is 13.8 Å². The lowest BCUT2D eigenvalue weighted by Gasteiger charge is -2.14. The Labute approximate surface area is 150 Å². The molecule has 2 aromatic rings. The molecule has 1 aromatic heterocycles. The maximum Gasteiger partial charge on any atom is 0.340 e. The number of rotatable bonds is 7. The van der Waals surface area contributed by atoms with Gasteiger partial charge in [-0.05, 0) is 20.8 Å². The van der Waals surface area contributed by atoms with Gasteiger partial charge in [-0.1, -0.05) is 35.0 Å². The first kappa shape index (κ1) is 19.2. The molecule has 1 N–H and O–H groups in total. The number of esters is 2. The van der Waals surface area contributed by atoms with Crippen molar-refractivity contribution in [3.8, 4) is 11.3 Å². The predicted octanol–water partition coefficient (Wildman–Crippen LogP) is 1.87. The van der Waals surface area contributed by atoms with Gasteiger partial charge in [-0.2, -0.15) is 0 Å². The lowest BCUT2D eigenvalue weighted by atomic mass is 10.1. The molecule has 0 unspecified atom stereocenters. The van der Waals surface area contributed by atoms with Crippen LogP contribution in [-0.2, 0) is 19.1 Å². The van der Waals surface area contributed by atoms with Gasteiger partial charge in [0.25, 0.3) is 5.91 Å². The molecule has 0 radical (unpaired) electrons. The number of aryl methyl sites for hydroxylation is 1. The van der Waals surface area contributed by atoms with E-state index in [0.29, 0.717) is 5.69 Å². The summed E-state index contributed by atoms with van der Waals surface area (Å²) in [6.45, 7) is 5.25. The molecule has 1 heterocycles. The third-order valence-electron chi connectivity index (χ3n) is 3.40. The van der Waals surface area contributed by atoms with Gasteiger partial charge in [0, 0.05) is 11.6 Å². The monoisotopic (exact) mass is 360 g/mol. The molecular weight excluding hydrogens is 340 g/mol. The van der Waals surface area contributed by atoms with Crippen LogP contribution in [-0.4, -0.2) is 42.3 Å². The molecule has 0 spiro atoms. The van der Waals surface area contributed by atoms with Gasteiger partial charge in [0.05, 0.1) is 13.2 Å². The molecule has 0 bridgehead atoms. The first-order chi connectivity index (χ1) is 12.5. The minimum atomic E-state index is -1.57. The Morgan fingerprint density at radius 1 is 1.08 bits per heavy atom. The Morgan fingerprint density at radius 3 is 2.19 bits per heavy atom. The van der Waals surface area contributed by atoms with Crippen LogP contribution in [0.4, 0.5) is 0 Å². The highest BCUT2D eigenvalue weighted by Crippen LogP contribution is 2.19. The van der Waals surface area contributed by atoms with Crippen molar-refractivity contribution < 1.29 is 28.4 Å². The van der Waals surface area contributed by atoms with Crippen LogP contribution in [0.15, 0.2) is 34.9 Å². The van der Waals surface area contributed by atoms with Crippen molar-refractivity contribution in [2.24, 2.45) is 0 Å². The van der Waals surface area contributed by atoms with Crippen molar-refractivity contribution in [3.05, 3.63) is 41.7 Å². The number of hydrogen-bond acceptors (Lipinski definition) is 7. The zero-order chi connectivity index (χ0) is 19.1. The van der Waals surface area contributed by atoms with E-state index in [2.05, 4.69) is 10.5 Å². The average Bonchev–Trinajstić information content (AvgIpc) is 3.10. The second kappa shape index (κ2) is 8.80. The zero-order valence-corrected chi connectivity index (χ0v) is 14.8. The summed E-state index contributed by atoms with van der Waals surface area (Å²) in [7, 11) is 0. The number of nitrogens with zero attached hydrogens (tertiary/aromatic N) is 1. The molecule has 0 atom stereocenters. The summed E-state index contributed by atoms with van der Waals surface area (Å²) in [5, 5.41) is 6.09. The molecule has 0 saturated heterocycles. The lowest BCUT2D eigenvalue weighted by molar-refractivity contribution is -0.157. The quantitative estimate of drug-likeness (QED) is 0.593. The SMILES string of the molecule is CCOC(=O)C(NC(=O)c1cc(-c2ccc(C)cc2)no1)C(=O)OCC. The minimum absolute atomic E-state index is 0.0600. The molecule has 0 aliphatic rings. The van der Waals surface area contributed by atoms with E-state index < -0.39 is 23.9 Å². The topological polar surface area (TPSA) is 108 Å². The average molecular weight is 360 g/mol. The van der Waals surface area contributed by atoms with Gasteiger partial charge in [-0.3, -0.25) is 4.79 Å². The fourth-order valence-corrected chi connectivity index (χ4v) is 2.11. The van der Waals surface area contributed by atoms with E-state index in [-0.39, 0.29) is 19.0 Å². The molecule has 0 aliphatic heterocycles. The summed E-state index contributed by atoms with van der Waals surface area (Å²) >= 11 is 0. The van der Waals surface area contributed by atoms with E-state index in [1.165, 1.54) is 6.07 Å². The Kier molecular flexibility index (Phi) is 6.48. The van der Waals surface area contributed by atoms with Crippen molar-refractivity contribution >= 4 is 17.8 Å². The Hall–Kier alpha value is -3.16. The van der Waals surface area contributed by atoms with E-state index in [9.17, 15) is 14.4 Å². The highest BCUT2D eigenvalue weighted by atomic mass is 16.6. The molecule has 0 fully saturated rings. The molecule has 8 heteroatoms. The molecule has 1 amide bonds. The van der Waals surface area contributed by atoms with E-state index >= 15 is 0 Å². The molecule has 8 nitrogen and oxygen atoms in total. The molecule has 0 saturated carbocycles. The van der Waals surface area contributed by atoms with E-state index in [4.69, 9.17) is 14.0 Å². The summed E-state index contributed by atoms with van der Waals surface area (Å²) in [6.07, 6.45) is 0. The van der Waals surface area contributed by atoms with Gasteiger partial charge in [0.15, 0.2) is 0 Å². The Bertz CT molecular complexity index is 763. The lowest BCUT2D eigenvalue weighted by Crippen LogP contribution is -2.48. The molecule has 138 valence electrons. The van der Waals surface area contributed by atoms with Crippen molar-refractivity contribution in [1.82, 2.24) is 10.5 Å². The van der Waals surface area contributed by atoms with E-state index in [0.717, 1.165) is 11.1 Å². The second-order valence-electron chi connectivity index (χ2n) is 5.35. The summed E-state index contributed by atoms with van der Waals surface area (Å²) in [6, 6.07) is 7.34. The molecular formula is C18H20N2O6. The van der Waals surface area contributed by atoms with Gasteiger partial charge in [0.1, 0.15) is 5.69 Å². The minimum Gasteiger partial charge on any atom is -0.464 e. The smallest absolute Gasteiger partial charge is 0.340 e. The number of hydrogen-bond donors (Lipinski definition) is 1. The third-order valence-corrected chi connectivity index (χ3v) is 3.40. The maximum atomic E-state index is 12.3. The summed E-state index contributed by atoms with van der Waals surface area (Å²) in [4.78, 5) is 36.1. The summed E-state index contributed by atoms with van der Waals surface area (Å²) in [5.41, 5.74) is 2.31. The highest BCUT2D eigenvalue weighted by molar-refractivity contribution is 6.05. The Morgan fingerprint density at radius 2 is 1.65 bits per heavy atom. The number of ether oxygens (including phenoxy) is 2. The molecule has 0 aliphatic carbocycles. The molecule has 26 heavy (non-hydrogen) atoms. The number of aromatic nitrogens is 1. The fraction of sp³-hybridized carbons (Fsp3) is 0.333. The van der Waals surface area contributed by atoms with Crippen molar-refractivity contribution in [2.45, 2.75) is 26.8 Å². The van der Waals surface area contributed by atoms with Gasteiger partial charge >= 0.3 is 11.9 Å². The molecule has 1 aromatic carbocycles. The maximum absolute atomic E-state index is 12.3. The van der Waals surface area contributed by atoms with Gasteiger partial charge < -0.3 is 19.3 Å². The van der Waals surface area contributed by atoms with Crippen LogP contribution in [0, 0.1) is 6.92 Å². The Balaban J connectivity index is 2.15. The number of nitrogens with one attached hydrogen (secondary N) is 1.